The normalized spacial score (nSPS) is 37.9. The maximum absolute atomic E-state index is 14.5. The SMILES string of the molecule is CCCCCCCCCCCCCCCCCCC(=O)OC[C@H](COP(=O)(O)O[C@@H]1C(O[C@@H]2OC(CO[C@@H]3OC(CO[C@@H]4OC(CO[C@@H]5OC(CO)[C@H](O)C(O)[C@@H]5O)[C@H](O)C(O)[C@@H]4O)[C@H](O)C(O)[C@@H]3O)[C@H](O)C(O)[C@@H]2O)C(O)[C@@H](O)C(O)[C@H]1O[C@H]1OC(CO)[C@@H](O)C(O)[C@H]1O)OC(=O)CCCCCCCCCCCCCCC. The highest BCUT2D eigenvalue weighted by molar-refractivity contribution is 7.47. The smallest absolute Gasteiger partial charge is 0.462 e. The highest BCUT2D eigenvalue weighted by Gasteiger charge is 2.59. The van der Waals surface area contributed by atoms with Crippen LogP contribution in [-0.4, -0.2) is 361 Å². The van der Waals surface area contributed by atoms with Crippen LogP contribution in [0.15, 0.2) is 0 Å². The van der Waals surface area contributed by atoms with E-state index in [9.17, 15) is 121 Å². The monoisotopic (exact) mass is 1660 g/mol. The Bertz CT molecular complexity index is 2610. The number of esters is 2. The standard InChI is InChI=1S/C74H135O38P/c1-3-5-7-9-11-13-15-17-18-19-21-22-24-26-28-30-32-47(77)99-36-41(104-48(78)33-31-29-27-25-23-20-16-14-12-10-8-6-4-2)37-103-113(97,98)112-69-67(110-73-65(95)55(85)50(80)43(35-76)106-73)60(90)59(89)61(91)68(69)111-74-66(96)58(88)53(83)46(109-74)40-102-72-64(94)57(87)52(82)45(108-72)39-101-71-63(93)56(86)51(81)44(107-71)38-100-70-62(92)54(84)49(79)42(34-75)105-70/h41-46,49-76,79-96H,3-40H2,1-2H3,(H,97,98)/t41-,42?,43?,44?,45?,46?,49+,50-,51+,52+,53+,54?,55?,56?,57?,58?,59+,60?,61?,62+,63+,64+,65-,66+,67-,68?,69+,70-,71-,72-,73-,74+/m1/s1. The van der Waals surface area contributed by atoms with E-state index in [4.69, 9.17) is 65.9 Å². The van der Waals surface area contributed by atoms with Gasteiger partial charge in [-0.2, -0.15) is 0 Å². The van der Waals surface area contributed by atoms with Crippen molar-refractivity contribution in [2.75, 3.05) is 46.2 Å². The first-order chi connectivity index (χ1) is 54.0. The summed E-state index contributed by atoms with van der Waals surface area (Å²) in [6, 6.07) is 0. The van der Waals surface area contributed by atoms with E-state index in [2.05, 4.69) is 13.8 Å². The summed E-state index contributed by atoms with van der Waals surface area (Å²) in [6.45, 7) is -1.88. The fourth-order valence-electron chi connectivity index (χ4n) is 14.5. The van der Waals surface area contributed by atoms with E-state index in [-0.39, 0.29) is 12.8 Å². The van der Waals surface area contributed by atoms with Gasteiger partial charge in [0.05, 0.1) is 39.6 Å². The van der Waals surface area contributed by atoms with Gasteiger partial charge in [-0.3, -0.25) is 18.6 Å². The van der Waals surface area contributed by atoms with Crippen molar-refractivity contribution in [3.8, 4) is 0 Å². The zero-order chi connectivity index (χ0) is 82.9. The number of carbonyl (C=O) groups is 2. The Morgan fingerprint density at radius 2 is 0.584 bits per heavy atom. The first kappa shape index (κ1) is 99.7. The number of phosphoric acid groups is 1. The molecule has 5 heterocycles. The van der Waals surface area contributed by atoms with Crippen LogP contribution in [0.2, 0.25) is 0 Å². The molecule has 5 saturated heterocycles. The Hall–Kier alpha value is -2.15. The summed E-state index contributed by atoms with van der Waals surface area (Å²) in [6.07, 6.45) is -35.3. The van der Waals surface area contributed by atoms with Crippen molar-refractivity contribution in [3.63, 3.8) is 0 Å². The predicted octanol–water partition coefficient (Wildman–Crippen LogP) is -1.98. The Morgan fingerprint density at radius 3 is 0.912 bits per heavy atom. The fraction of sp³-hybridized carbons (Fsp3) is 0.973. The molecule has 1 aliphatic carbocycles. The fourth-order valence-corrected chi connectivity index (χ4v) is 15.5. The topological polar surface area (TPSA) is 605 Å². The van der Waals surface area contributed by atoms with Gasteiger partial charge in [-0.25, -0.2) is 4.57 Å². The molecule has 39 heteroatoms. The van der Waals surface area contributed by atoms with Crippen molar-refractivity contribution < 1.29 is 187 Å². The summed E-state index contributed by atoms with van der Waals surface area (Å²) in [4.78, 5) is 38.4. The average Bonchev–Trinajstić information content (AvgIpc) is 0.755. The molecule has 6 fully saturated rings. The van der Waals surface area contributed by atoms with Crippen molar-refractivity contribution in [1.29, 1.82) is 0 Å². The van der Waals surface area contributed by atoms with Gasteiger partial charge in [-0.05, 0) is 12.8 Å². The molecule has 38 nitrogen and oxygen atoms in total. The average molecular weight is 1660 g/mol. The van der Waals surface area contributed by atoms with Crippen molar-refractivity contribution >= 4 is 19.8 Å². The lowest BCUT2D eigenvalue weighted by Gasteiger charge is -2.49. The highest BCUT2D eigenvalue weighted by atomic mass is 31.2. The molecule has 14 unspecified atom stereocenters. The summed E-state index contributed by atoms with van der Waals surface area (Å²) in [5.41, 5.74) is 0. The molecule has 0 spiro atoms. The second-order valence-corrected chi connectivity index (χ2v) is 32.2. The van der Waals surface area contributed by atoms with E-state index in [1.807, 2.05) is 0 Å². The minimum absolute atomic E-state index is 0.0144. The van der Waals surface area contributed by atoms with Crippen LogP contribution < -0.4 is 0 Å². The number of carbonyl (C=O) groups excluding carboxylic acids is 2. The van der Waals surface area contributed by atoms with Gasteiger partial charge in [0, 0.05) is 12.8 Å². The van der Waals surface area contributed by atoms with E-state index in [1.54, 1.807) is 0 Å². The molecule has 0 bridgehead atoms. The molecule has 33 atom stereocenters. The molecule has 0 radical (unpaired) electrons. The number of aliphatic hydroxyl groups excluding tert-OH is 20. The lowest BCUT2D eigenvalue weighted by molar-refractivity contribution is -0.365. The predicted molar refractivity (Wildman–Crippen MR) is 389 cm³/mol. The van der Waals surface area contributed by atoms with E-state index >= 15 is 0 Å². The number of hydrogen-bond acceptors (Lipinski definition) is 37. The van der Waals surface area contributed by atoms with Gasteiger partial charge >= 0.3 is 19.8 Å². The molecule has 21 N–H and O–H groups in total. The van der Waals surface area contributed by atoms with E-state index in [0.29, 0.717) is 19.3 Å². The van der Waals surface area contributed by atoms with Crippen molar-refractivity contribution in [1.82, 2.24) is 0 Å². The van der Waals surface area contributed by atoms with Crippen LogP contribution in [0.25, 0.3) is 0 Å². The quantitative estimate of drug-likeness (QED) is 0.0178. The van der Waals surface area contributed by atoms with Gasteiger partial charge in [0.15, 0.2) is 37.6 Å². The third kappa shape index (κ3) is 31.4. The lowest BCUT2D eigenvalue weighted by Crippen LogP contribution is -2.69. The molecular formula is C74H135O38P. The molecule has 0 aromatic heterocycles. The Kier molecular flexibility index (Phi) is 46.1. The van der Waals surface area contributed by atoms with Crippen LogP contribution >= 0.6 is 7.82 Å². The molecule has 6 aliphatic rings. The maximum atomic E-state index is 14.5. The Morgan fingerprint density at radius 1 is 0.319 bits per heavy atom. The summed E-state index contributed by atoms with van der Waals surface area (Å²) in [5.74, 6) is -1.47. The number of unbranched alkanes of at least 4 members (excludes halogenated alkanes) is 27. The van der Waals surface area contributed by atoms with Crippen molar-refractivity contribution in [2.45, 2.75) is 409 Å². The third-order valence-electron chi connectivity index (χ3n) is 21.7. The molecule has 0 aromatic rings. The van der Waals surface area contributed by atoms with Gasteiger partial charge in [0.2, 0.25) is 0 Å². The number of ether oxygens (including phenoxy) is 12. The van der Waals surface area contributed by atoms with Crippen LogP contribution in [0.1, 0.15) is 213 Å². The number of rotatable bonds is 54. The molecule has 0 amide bonds. The van der Waals surface area contributed by atoms with Gasteiger partial charge in [-0.15, -0.1) is 0 Å². The molecule has 664 valence electrons. The first-order valence-electron chi connectivity index (χ1n) is 40.9. The Labute approximate surface area is 659 Å². The molecule has 1 saturated carbocycles. The summed E-state index contributed by atoms with van der Waals surface area (Å²) in [7, 11) is -5.85. The zero-order valence-electron chi connectivity index (χ0n) is 65.1. The molecule has 6 rings (SSSR count). The molecule has 5 aliphatic heterocycles. The second-order valence-electron chi connectivity index (χ2n) is 30.8. The van der Waals surface area contributed by atoms with E-state index in [1.165, 1.54) is 103 Å². The van der Waals surface area contributed by atoms with Crippen LogP contribution in [0.3, 0.4) is 0 Å². The van der Waals surface area contributed by atoms with Crippen LogP contribution in [0.5, 0.6) is 0 Å². The van der Waals surface area contributed by atoms with Gasteiger partial charge < -0.3 is 164 Å². The zero-order valence-corrected chi connectivity index (χ0v) is 66.0. The summed E-state index contributed by atoms with van der Waals surface area (Å²) < 4.78 is 93.0. The summed E-state index contributed by atoms with van der Waals surface area (Å²) >= 11 is 0. The third-order valence-corrected chi connectivity index (χ3v) is 22.7. The van der Waals surface area contributed by atoms with Crippen molar-refractivity contribution in [3.05, 3.63) is 0 Å². The van der Waals surface area contributed by atoms with Gasteiger partial charge in [-0.1, -0.05) is 187 Å². The second kappa shape index (κ2) is 52.2. The number of aliphatic hydroxyl groups is 20. The Balaban J connectivity index is 1.12. The lowest BCUT2D eigenvalue weighted by atomic mass is 9.84. The highest BCUT2D eigenvalue weighted by Crippen LogP contribution is 2.49. The number of phosphoric ester groups is 1. The van der Waals surface area contributed by atoms with Crippen LogP contribution in [0, 0.1) is 0 Å². The van der Waals surface area contributed by atoms with Gasteiger partial charge in [0.25, 0.3) is 0 Å². The number of hydrogen-bond donors (Lipinski definition) is 21. The summed E-state index contributed by atoms with van der Waals surface area (Å²) in [5, 5.41) is 217. The van der Waals surface area contributed by atoms with E-state index in [0.717, 1.165) is 64.2 Å². The first-order valence-corrected chi connectivity index (χ1v) is 42.4. The van der Waals surface area contributed by atoms with Crippen LogP contribution in [0.4, 0.5) is 0 Å². The molecule has 0 aromatic carbocycles. The largest absolute Gasteiger partial charge is 0.472 e. The van der Waals surface area contributed by atoms with Crippen LogP contribution in [-0.2, 0) is 80.0 Å². The van der Waals surface area contributed by atoms with E-state index < -0.39 is 262 Å². The minimum atomic E-state index is -5.85. The minimum Gasteiger partial charge on any atom is -0.462 e. The maximum Gasteiger partial charge on any atom is 0.472 e. The molecule has 113 heavy (non-hydrogen) atoms. The van der Waals surface area contributed by atoms with Gasteiger partial charge in [0.1, 0.15) is 165 Å². The molecular weight excluding hydrogens is 1530 g/mol. The van der Waals surface area contributed by atoms with Crippen molar-refractivity contribution in [2.24, 2.45) is 0 Å².